The van der Waals surface area contributed by atoms with E-state index in [2.05, 4.69) is 16.9 Å². The minimum absolute atomic E-state index is 0.0217. The number of carboxylic acid groups (broad SMARTS) is 1. The molecule has 6 heteroatoms. The third kappa shape index (κ3) is 4.88. The average Bonchev–Trinajstić information content (AvgIpc) is 2.56. The molecule has 0 bridgehead atoms. The van der Waals surface area contributed by atoms with Crippen LogP contribution in [0.5, 0.6) is 5.75 Å². The van der Waals surface area contributed by atoms with Crippen molar-refractivity contribution in [1.82, 2.24) is 9.97 Å². The largest absolute Gasteiger partial charge is 0.478 e. The van der Waals surface area contributed by atoms with Crippen molar-refractivity contribution in [2.24, 2.45) is 0 Å². The van der Waals surface area contributed by atoms with Gasteiger partial charge in [0, 0.05) is 12.4 Å². The van der Waals surface area contributed by atoms with E-state index >= 15 is 0 Å². The molecule has 6 nitrogen and oxygen atoms in total. The van der Waals surface area contributed by atoms with Gasteiger partial charge < -0.3 is 9.84 Å². The fraction of sp³-hybridized carbons (Fsp3) is 0.294. The fourth-order valence-electron chi connectivity index (χ4n) is 1.99. The molecule has 1 heterocycles. The van der Waals surface area contributed by atoms with Crippen molar-refractivity contribution < 1.29 is 19.4 Å². The summed E-state index contributed by atoms with van der Waals surface area (Å²) in [6, 6.07) is 5.56. The Kier molecular flexibility index (Phi) is 5.80. The molecule has 0 saturated carbocycles. The van der Waals surface area contributed by atoms with Crippen molar-refractivity contribution in [2.45, 2.75) is 32.6 Å². The van der Waals surface area contributed by atoms with Gasteiger partial charge >= 0.3 is 11.9 Å². The molecule has 0 aliphatic rings. The summed E-state index contributed by atoms with van der Waals surface area (Å²) in [5.74, 6) is -1.49. The van der Waals surface area contributed by atoms with Crippen molar-refractivity contribution in [3.05, 3.63) is 53.6 Å². The minimum atomic E-state index is -1.04. The molecule has 0 fully saturated rings. The van der Waals surface area contributed by atoms with Crippen LogP contribution in [0.4, 0.5) is 0 Å². The summed E-state index contributed by atoms with van der Waals surface area (Å²) in [4.78, 5) is 30.7. The van der Waals surface area contributed by atoms with Crippen LogP contribution in [0.3, 0.4) is 0 Å². The van der Waals surface area contributed by atoms with E-state index < -0.39 is 11.9 Å². The lowest BCUT2D eigenvalue weighted by molar-refractivity contribution is 0.0696. The van der Waals surface area contributed by atoms with Gasteiger partial charge in [-0.1, -0.05) is 19.8 Å². The van der Waals surface area contributed by atoms with E-state index in [-0.39, 0.29) is 17.1 Å². The molecule has 0 amide bonds. The van der Waals surface area contributed by atoms with Crippen LogP contribution >= 0.6 is 0 Å². The van der Waals surface area contributed by atoms with E-state index in [0.29, 0.717) is 0 Å². The third-order valence-electron chi connectivity index (χ3n) is 3.27. The topological polar surface area (TPSA) is 89.4 Å². The van der Waals surface area contributed by atoms with Crippen LogP contribution in [0.2, 0.25) is 0 Å². The second-order valence-corrected chi connectivity index (χ2v) is 5.09. The highest BCUT2D eigenvalue weighted by molar-refractivity contribution is 5.89. The minimum Gasteiger partial charge on any atom is -0.478 e. The molecule has 2 aromatic rings. The van der Waals surface area contributed by atoms with E-state index in [0.717, 1.165) is 31.2 Å². The molecule has 0 unspecified atom stereocenters. The summed E-state index contributed by atoms with van der Waals surface area (Å²) in [6.07, 6.45) is 7.51. The molecule has 2 rings (SSSR count). The van der Waals surface area contributed by atoms with Gasteiger partial charge in [-0.15, -0.1) is 0 Å². The number of carboxylic acids is 1. The molecule has 0 spiro atoms. The van der Waals surface area contributed by atoms with Gasteiger partial charge in [0.25, 0.3) is 0 Å². The molecule has 23 heavy (non-hydrogen) atoms. The Labute approximate surface area is 134 Å². The zero-order valence-electron chi connectivity index (χ0n) is 12.9. The van der Waals surface area contributed by atoms with Crippen molar-refractivity contribution in [3.63, 3.8) is 0 Å². The molecule has 1 aromatic heterocycles. The summed E-state index contributed by atoms with van der Waals surface area (Å²) in [5.41, 5.74) is 1.11. The molecule has 0 saturated heterocycles. The highest BCUT2D eigenvalue weighted by Crippen LogP contribution is 2.13. The van der Waals surface area contributed by atoms with E-state index in [9.17, 15) is 9.59 Å². The van der Waals surface area contributed by atoms with E-state index in [1.807, 2.05) is 0 Å². The van der Waals surface area contributed by atoms with Crippen LogP contribution in [0.25, 0.3) is 0 Å². The number of ether oxygens (including phenoxy) is 1. The smallest absolute Gasteiger partial charge is 0.381 e. The molecule has 1 N–H and O–H groups in total. The first kappa shape index (κ1) is 16.6. The molecular weight excluding hydrogens is 296 g/mol. The zero-order valence-corrected chi connectivity index (χ0v) is 12.9. The average molecular weight is 314 g/mol. The lowest BCUT2D eigenvalue weighted by Gasteiger charge is -2.04. The SMILES string of the molecule is CCCCCc1cnc(C(=O)Oc2ccc(C(=O)O)cc2)nc1. The van der Waals surface area contributed by atoms with E-state index in [4.69, 9.17) is 9.84 Å². The van der Waals surface area contributed by atoms with Crippen molar-refractivity contribution in [2.75, 3.05) is 0 Å². The number of carbonyl (C=O) groups excluding carboxylic acids is 1. The van der Waals surface area contributed by atoms with Gasteiger partial charge in [0.05, 0.1) is 5.56 Å². The van der Waals surface area contributed by atoms with Crippen LogP contribution in [0.1, 0.15) is 52.7 Å². The molecular formula is C17H18N2O4. The number of benzene rings is 1. The highest BCUT2D eigenvalue weighted by atomic mass is 16.5. The predicted octanol–water partition coefficient (Wildman–Crippen LogP) is 3.13. The Balaban J connectivity index is 1.96. The normalized spacial score (nSPS) is 10.3. The predicted molar refractivity (Wildman–Crippen MR) is 83.6 cm³/mol. The van der Waals surface area contributed by atoms with Gasteiger partial charge in [-0.3, -0.25) is 0 Å². The quantitative estimate of drug-likeness (QED) is 0.480. The van der Waals surface area contributed by atoms with E-state index in [1.165, 1.54) is 24.3 Å². The Morgan fingerprint density at radius 3 is 2.30 bits per heavy atom. The number of unbranched alkanes of at least 4 members (excludes halogenated alkanes) is 2. The maximum atomic E-state index is 11.9. The van der Waals surface area contributed by atoms with Gasteiger partial charge in [-0.2, -0.15) is 0 Å². The monoisotopic (exact) mass is 314 g/mol. The van der Waals surface area contributed by atoms with Gasteiger partial charge in [-0.25, -0.2) is 19.6 Å². The number of aromatic nitrogens is 2. The summed E-state index contributed by atoms with van der Waals surface area (Å²) >= 11 is 0. The lowest BCUT2D eigenvalue weighted by atomic mass is 10.1. The van der Waals surface area contributed by atoms with Gasteiger partial charge in [0.1, 0.15) is 5.75 Å². The Morgan fingerprint density at radius 1 is 1.09 bits per heavy atom. The Morgan fingerprint density at radius 2 is 1.74 bits per heavy atom. The zero-order chi connectivity index (χ0) is 16.7. The standard InChI is InChI=1S/C17H18N2O4/c1-2-3-4-5-12-10-18-15(19-11-12)17(22)23-14-8-6-13(7-9-14)16(20)21/h6-11H,2-5H2,1H3,(H,20,21). The number of esters is 1. The Hall–Kier alpha value is -2.76. The number of aryl methyl sites for hydroxylation is 1. The first-order valence-electron chi connectivity index (χ1n) is 7.46. The summed E-state index contributed by atoms with van der Waals surface area (Å²) in [6.45, 7) is 2.14. The maximum absolute atomic E-state index is 11.9. The second kappa shape index (κ2) is 8.03. The van der Waals surface area contributed by atoms with Crippen LogP contribution in [-0.4, -0.2) is 27.0 Å². The Bertz CT molecular complexity index is 666. The van der Waals surface area contributed by atoms with Gasteiger partial charge in [0.15, 0.2) is 0 Å². The molecule has 1 aromatic carbocycles. The van der Waals surface area contributed by atoms with Gasteiger partial charge in [0.2, 0.25) is 5.82 Å². The fourth-order valence-corrected chi connectivity index (χ4v) is 1.99. The first-order chi connectivity index (χ1) is 11.1. The van der Waals surface area contributed by atoms with Crippen molar-refractivity contribution in [1.29, 1.82) is 0 Å². The number of hydrogen-bond acceptors (Lipinski definition) is 5. The van der Waals surface area contributed by atoms with Crippen LogP contribution in [0.15, 0.2) is 36.7 Å². The maximum Gasteiger partial charge on any atom is 0.381 e. The number of nitrogens with zero attached hydrogens (tertiary/aromatic N) is 2. The highest BCUT2D eigenvalue weighted by Gasteiger charge is 2.12. The number of carbonyl (C=O) groups is 2. The summed E-state index contributed by atoms with van der Waals surface area (Å²) in [7, 11) is 0. The second-order valence-electron chi connectivity index (χ2n) is 5.09. The summed E-state index contributed by atoms with van der Waals surface area (Å²) in [5, 5.41) is 8.81. The van der Waals surface area contributed by atoms with Crippen LogP contribution < -0.4 is 4.74 Å². The first-order valence-corrected chi connectivity index (χ1v) is 7.46. The van der Waals surface area contributed by atoms with E-state index in [1.54, 1.807) is 12.4 Å². The molecule has 0 radical (unpaired) electrons. The van der Waals surface area contributed by atoms with Crippen molar-refractivity contribution in [3.8, 4) is 5.75 Å². The number of aromatic carboxylic acids is 1. The molecule has 120 valence electrons. The molecule has 0 aliphatic carbocycles. The lowest BCUT2D eigenvalue weighted by Crippen LogP contribution is -2.13. The molecule has 0 aliphatic heterocycles. The van der Waals surface area contributed by atoms with Crippen LogP contribution in [-0.2, 0) is 6.42 Å². The third-order valence-corrected chi connectivity index (χ3v) is 3.27. The summed E-state index contributed by atoms with van der Waals surface area (Å²) < 4.78 is 5.12. The van der Waals surface area contributed by atoms with Crippen molar-refractivity contribution >= 4 is 11.9 Å². The number of hydrogen-bond donors (Lipinski definition) is 1. The van der Waals surface area contributed by atoms with Gasteiger partial charge in [-0.05, 0) is 42.7 Å². The number of rotatable bonds is 7. The van der Waals surface area contributed by atoms with Crippen LogP contribution in [0, 0.1) is 0 Å². The molecule has 0 atom stereocenters.